The Labute approximate surface area is 223 Å². The molecule has 1 saturated heterocycles. The highest BCUT2D eigenvalue weighted by Crippen LogP contribution is 2.41. The molecule has 0 radical (unpaired) electrons. The molecule has 8 heteroatoms. The number of hydrogen-bond donors (Lipinski definition) is 1. The average Bonchev–Trinajstić information content (AvgIpc) is 3.20. The Morgan fingerprint density at radius 2 is 1.87 bits per heavy atom. The van der Waals surface area contributed by atoms with Crippen LogP contribution in [0.5, 0.6) is 11.5 Å². The number of hydrogen-bond acceptors (Lipinski definition) is 7. The number of allylic oxidation sites excluding steroid dienone is 1. The van der Waals surface area contributed by atoms with E-state index in [9.17, 15) is 14.7 Å². The molecule has 2 aromatic rings. The number of amides is 1. The van der Waals surface area contributed by atoms with Crippen LogP contribution < -0.4 is 9.47 Å². The summed E-state index contributed by atoms with van der Waals surface area (Å²) in [6.07, 6.45) is 4.72. The molecule has 0 spiro atoms. The third-order valence-corrected chi connectivity index (χ3v) is 6.50. The van der Waals surface area contributed by atoms with E-state index in [4.69, 9.17) is 14.2 Å². The van der Waals surface area contributed by atoms with Crippen LogP contribution in [0.1, 0.15) is 24.1 Å². The number of carbonyl (C=O) groups excluding carboxylic acids is 2. The van der Waals surface area contributed by atoms with E-state index in [1.807, 2.05) is 37.3 Å². The molecule has 0 saturated carbocycles. The van der Waals surface area contributed by atoms with Crippen molar-refractivity contribution in [2.75, 3.05) is 52.6 Å². The number of aliphatic hydroxyl groups is 1. The number of ether oxygens (including phenoxy) is 3. The third kappa shape index (κ3) is 6.33. The van der Waals surface area contributed by atoms with Crippen molar-refractivity contribution in [3.8, 4) is 11.5 Å². The second-order valence-electron chi connectivity index (χ2n) is 8.96. The lowest BCUT2D eigenvalue weighted by molar-refractivity contribution is -0.129. The Morgan fingerprint density at radius 1 is 1.11 bits per heavy atom. The van der Waals surface area contributed by atoms with Gasteiger partial charge in [-0.25, -0.2) is 0 Å². The van der Waals surface area contributed by atoms with Gasteiger partial charge in [-0.05, 0) is 36.3 Å². The lowest BCUT2D eigenvalue weighted by Gasteiger charge is -2.31. The molecule has 0 aliphatic carbocycles. The van der Waals surface area contributed by atoms with E-state index in [1.54, 1.807) is 35.3 Å². The van der Waals surface area contributed by atoms with E-state index in [0.29, 0.717) is 56.6 Å². The summed E-state index contributed by atoms with van der Waals surface area (Å²) in [6.45, 7) is 10.0. The molecule has 1 amide bonds. The van der Waals surface area contributed by atoms with Crippen molar-refractivity contribution in [1.29, 1.82) is 0 Å². The van der Waals surface area contributed by atoms with Crippen molar-refractivity contribution in [1.82, 2.24) is 9.80 Å². The summed E-state index contributed by atoms with van der Waals surface area (Å²) in [5.41, 5.74) is 1.54. The zero-order valence-corrected chi connectivity index (χ0v) is 21.7. The van der Waals surface area contributed by atoms with E-state index in [1.165, 1.54) is 6.08 Å². The molecule has 8 nitrogen and oxygen atoms in total. The summed E-state index contributed by atoms with van der Waals surface area (Å²) >= 11 is 0. The summed E-state index contributed by atoms with van der Waals surface area (Å²) in [7, 11) is 0. The van der Waals surface area contributed by atoms with Crippen molar-refractivity contribution in [2.45, 2.75) is 13.0 Å². The van der Waals surface area contributed by atoms with E-state index >= 15 is 0 Å². The van der Waals surface area contributed by atoms with Crippen molar-refractivity contribution in [3.63, 3.8) is 0 Å². The first-order valence-corrected chi connectivity index (χ1v) is 12.9. The maximum absolute atomic E-state index is 13.5. The quantitative estimate of drug-likeness (QED) is 0.336. The predicted molar refractivity (Wildman–Crippen MR) is 145 cm³/mol. The van der Waals surface area contributed by atoms with E-state index < -0.39 is 23.5 Å². The van der Waals surface area contributed by atoms with Crippen LogP contribution in [-0.4, -0.2) is 79.2 Å². The SMILES string of the molecule is C=CCOc1ccc(C2C(C(=O)C=Cc3ccccc3)=C(O)C(=O)N2CCN2CCOCC2)cc1OCC. The molecule has 0 bridgehead atoms. The molecule has 2 aliphatic heterocycles. The smallest absolute Gasteiger partial charge is 0.290 e. The first kappa shape index (κ1) is 27.2. The van der Waals surface area contributed by atoms with Crippen molar-refractivity contribution in [2.24, 2.45) is 0 Å². The first-order valence-electron chi connectivity index (χ1n) is 12.9. The molecular weight excluding hydrogens is 484 g/mol. The van der Waals surface area contributed by atoms with Gasteiger partial charge in [0.25, 0.3) is 5.91 Å². The Morgan fingerprint density at radius 3 is 2.58 bits per heavy atom. The Kier molecular flexibility index (Phi) is 9.35. The molecule has 2 heterocycles. The fraction of sp³-hybridized carbons (Fsp3) is 0.333. The Hall–Kier alpha value is -3.88. The molecule has 38 heavy (non-hydrogen) atoms. The summed E-state index contributed by atoms with van der Waals surface area (Å²) < 4.78 is 17.0. The summed E-state index contributed by atoms with van der Waals surface area (Å²) in [5, 5.41) is 10.9. The van der Waals surface area contributed by atoms with Crippen molar-refractivity contribution >= 4 is 17.8 Å². The van der Waals surface area contributed by atoms with Crippen LogP contribution >= 0.6 is 0 Å². The standard InChI is InChI=1S/C30H34N2O6/c1-3-18-38-25-13-11-23(21-26(25)37-4-2)28-27(24(33)12-10-22-8-6-5-7-9-22)29(34)30(35)32(28)15-14-31-16-19-36-20-17-31/h3,5-13,21,28,34H,1,4,14-20H2,2H3. The van der Waals surface area contributed by atoms with Crippen molar-refractivity contribution < 1.29 is 28.9 Å². The molecule has 1 N–H and O–H groups in total. The van der Waals surface area contributed by atoms with Crippen LogP contribution in [0, 0.1) is 0 Å². The highest BCUT2D eigenvalue weighted by molar-refractivity contribution is 6.14. The van der Waals surface area contributed by atoms with Gasteiger partial charge in [0.1, 0.15) is 6.61 Å². The maximum Gasteiger partial charge on any atom is 0.290 e. The lowest BCUT2D eigenvalue weighted by atomic mass is 9.95. The van der Waals surface area contributed by atoms with Gasteiger partial charge in [-0.3, -0.25) is 14.5 Å². The number of rotatable bonds is 12. The Bertz CT molecular complexity index is 1200. The minimum atomic E-state index is -0.774. The zero-order valence-electron chi connectivity index (χ0n) is 21.7. The largest absolute Gasteiger partial charge is 0.503 e. The number of ketones is 1. The number of carbonyl (C=O) groups is 2. The molecule has 2 aliphatic rings. The van der Waals surface area contributed by atoms with Crippen LogP contribution in [0.25, 0.3) is 6.08 Å². The Balaban J connectivity index is 1.68. The number of nitrogens with zero attached hydrogens (tertiary/aromatic N) is 2. The lowest BCUT2D eigenvalue weighted by Crippen LogP contribution is -2.43. The number of aliphatic hydroxyl groups excluding tert-OH is 1. The van der Waals surface area contributed by atoms with Crippen LogP contribution in [0.15, 0.2) is 78.6 Å². The predicted octanol–water partition coefficient (Wildman–Crippen LogP) is 3.96. The summed E-state index contributed by atoms with van der Waals surface area (Å²) in [4.78, 5) is 30.5. The molecule has 4 rings (SSSR count). The van der Waals surface area contributed by atoms with E-state index in [-0.39, 0.29) is 5.57 Å². The average molecular weight is 519 g/mol. The molecule has 0 aromatic heterocycles. The fourth-order valence-electron chi connectivity index (χ4n) is 4.61. The molecule has 1 unspecified atom stereocenters. The molecule has 2 aromatic carbocycles. The minimum absolute atomic E-state index is 0.0476. The van der Waals surface area contributed by atoms with Gasteiger partial charge < -0.3 is 24.2 Å². The van der Waals surface area contributed by atoms with Gasteiger partial charge in [0.05, 0.1) is 31.4 Å². The van der Waals surface area contributed by atoms with Gasteiger partial charge in [-0.15, -0.1) is 0 Å². The summed E-state index contributed by atoms with van der Waals surface area (Å²) in [6, 6.07) is 13.9. The van der Waals surface area contributed by atoms with Gasteiger partial charge in [-0.2, -0.15) is 0 Å². The molecule has 1 atom stereocenters. The van der Waals surface area contributed by atoms with Crippen LogP contribution in [0.2, 0.25) is 0 Å². The van der Waals surface area contributed by atoms with Gasteiger partial charge in [0, 0.05) is 26.2 Å². The highest BCUT2D eigenvalue weighted by atomic mass is 16.5. The molecular formula is C30H34N2O6. The molecule has 1 fully saturated rings. The molecule has 200 valence electrons. The van der Waals surface area contributed by atoms with Crippen LogP contribution in [0.3, 0.4) is 0 Å². The number of benzene rings is 2. The van der Waals surface area contributed by atoms with Gasteiger partial charge >= 0.3 is 0 Å². The second kappa shape index (κ2) is 13.1. The van der Waals surface area contributed by atoms with Gasteiger partial charge in [-0.1, -0.05) is 55.1 Å². The third-order valence-electron chi connectivity index (χ3n) is 6.50. The van der Waals surface area contributed by atoms with Gasteiger partial charge in [0.15, 0.2) is 23.0 Å². The zero-order chi connectivity index (χ0) is 26.9. The number of morpholine rings is 1. The summed E-state index contributed by atoms with van der Waals surface area (Å²) in [5.74, 6) is -0.493. The highest BCUT2D eigenvalue weighted by Gasteiger charge is 2.43. The normalized spacial score (nSPS) is 18.3. The second-order valence-corrected chi connectivity index (χ2v) is 8.96. The fourth-order valence-corrected chi connectivity index (χ4v) is 4.61. The first-order chi connectivity index (χ1) is 18.5. The maximum atomic E-state index is 13.5. The monoisotopic (exact) mass is 518 g/mol. The van der Waals surface area contributed by atoms with E-state index in [0.717, 1.165) is 18.7 Å². The van der Waals surface area contributed by atoms with E-state index in [2.05, 4.69) is 11.5 Å². The van der Waals surface area contributed by atoms with Crippen molar-refractivity contribution in [3.05, 3.63) is 89.7 Å². The topological polar surface area (TPSA) is 88.5 Å². The van der Waals surface area contributed by atoms with Gasteiger partial charge in [0.2, 0.25) is 0 Å². The van der Waals surface area contributed by atoms with Crippen LogP contribution in [-0.2, 0) is 14.3 Å². The minimum Gasteiger partial charge on any atom is -0.503 e. The van der Waals surface area contributed by atoms with Crippen LogP contribution in [0.4, 0.5) is 0 Å².